The number of aromatic nitrogens is 2. The Morgan fingerprint density at radius 3 is 2.55 bits per heavy atom. The third-order valence-corrected chi connectivity index (χ3v) is 6.87. The van der Waals surface area contributed by atoms with Crippen LogP contribution in [0.15, 0.2) is 85.2 Å². The highest BCUT2D eigenvalue weighted by molar-refractivity contribution is 7.80. The Labute approximate surface area is 229 Å². The Hall–Kier alpha value is -3.99. The first-order chi connectivity index (χ1) is 18.5. The van der Waals surface area contributed by atoms with E-state index in [-0.39, 0.29) is 17.8 Å². The van der Waals surface area contributed by atoms with Gasteiger partial charge >= 0.3 is 0 Å². The second-order valence-electron chi connectivity index (χ2n) is 8.53. The minimum Gasteiger partial charge on any atom is -0.490 e. The summed E-state index contributed by atoms with van der Waals surface area (Å²) in [4.78, 5) is 17.4. The molecule has 11 heteroatoms. The fraction of sp³-hybridized carbons (Fsp3) is 0.185. The van der Waals surface area contributed by atoms with Crippen molar-refractivity contribution in [3.05, 3.63) is 112 Å². The largest absolute Gasteiger partial charge is 0.490 e. The number of anilines is 1. The first-order valence-electron chi connectivity index (χ1n) is 11.8. The molecular weight excluding hydrogens is 526 g/mol. The number of nitrogens with zero attached hydrogens (tertiary/aromatic N) is 4. The number of methoxy groups -OCH3 is 1. The van der Waals surface area contributed by atoms with Gasteiger partial charge in [-0.25, -0.2) is 0 Å². The van der Waals surface area contributed by atoms with Gasteiger partial charge in [0.15, 0.2) is 5.11 Å². The first kappa shape index (κ1) is 25.7. The third-order valence-electron chi connectivity index (χ3n) is 6.26. The molecule has 4 aromatic rings. The van der Waals surface area contributed by atoms with Gasteiger partial charge in [-0.05, 0) is 66.8 Å². The number of pyridine rings is 1. The molecule has 0 saturated carbocycles. The van der Waals surface area contributed by atoms with Crippen LogP contribution in [0.5, 0.6) is 5.75 Å². The summed E-state index contributed by atoms with van der Waals surface area (Å²) >= 11 is 12.4. The number of halogens is 1. The third kappa shape index (κ3) is 5.06. The molecule has 1 aliphatic heterocycles. The number of thiocarbonyl (C=S) groups is 1. The van der Waals surface area contributed by atoms with Gasteiger partial charge in [0.2, 0.25) is 0 Å². The minimum atomic E-state index is -0.412. The fourth-order valence-electron chi connectivity index (χ4n) is 4.53. The van der Waals surface area contributed by atoms with Crippen LogP contribution in [0, 0.1) is 10.1 Å². The van der Waals surface area contributed by atoms with E-state index < -0.39 is 4.92 Å². The number of hydrogen-bond donors (Lipinski definition) is 1. The zero-order chi connectivity index (χ0) is 26.6. The summed E-state index contributed by atoms with van der Waals surface area (Å²) < 4.78 is 12.8. The molecule has 5 rings (SSSR count). The molecule has 1 N–H and O–H groups in total. The van der Waals surface area contributed by atoms with Crippen molar-refractivity contribution >= 4 is 40.3 Å². The summed E-state index contributed by atoms with van der Waals surface area (Å²) in [6.45, 7) is 0.831. The number of nitro groups is 1. The molecule has 1 aliphatic rings. The topological polar surface area (TPSA) is 94.7 Å². The Balaban J connectivity index is 1.57. The van der Waals surface area contributed by atoms with Gasteiger partial charge in [0.1, 0.15) is 18.4 Å². The molecule has 194 valence electrons. The van der Waals surface area contributed by atoms with E-state index in [9.17, 15) is 10.1 Å². The first-order valence-corrected chi connectivity index (χ1v) is 12.6. The highest BCUT2D eigenvalue weighted by Crippen LogP contribution is 2.43. The van der Waals surface area contributed by atoms with Crippen LogP contribution < -0.4 is 15.0 Å². The van der Waals surface area contributed by atoms with Gasteiger partial charge in [0.25, 0.3) is 5.69 Å². The van der Waals surface area contributed by atoms with Crippen LogP contribution in [0.3, 0.4) is 0 Å². The monoisotopic (exact) mass is 549 g/mol. The summed E-state index contributed by atoms with van der Waals surface area (Å²) in [6, 6.07) is 21.1. The molecule has 0 radical (unpaired) electrons. The highest BCUT2D eigenvalue weighted by atomic mass is 35.5. The van der Waals surface area contributed by atoms with Gasteiger partial charge < -0.3 is 24.3 Å². The number of ether oxygens (including phenoxy) is 2. The molecule has 3 heterocycles. The van der Waals surface area contributed by atoms with E-state index in [4.69, 9.17) is 33.3 Å². The van der Waals surface area contributed by atoms with Gasteiger partial charge in [0, 0.05) is 48.7 Å². The Morgan fingerprint density at radius 1 is 1.08 bits per heavy atom. The lowest BCUT2D eigenvalue weighted by Gasteiger charge is -2.29. The molecule has 38 heavy (non-hydrogen) atoms. The Bertz CT molecular complexity index is 1450. The van der Waals surface area contributed by atoms with Gasteiger partial charge in [-0.1, -0.05) is 17.7 Å². The number of non-ortho nitro benzene ring substituents is 1. The van der Waals surface area contributed by atoms with Crippen LogP contribution in [-0.2, 0) is 4.74 Å². The van der Waals surface area contributed by atoms with Crippen molar-refractivity contribution in [3.8, 4) is 11.4 Å². The highest BCUT2D eigenvalue weighted by Gasteiger charge is 2.42. The smallest absolute Gasteiger partial charge is 0.269 e. The predicted octanol–water partition coefficient (Wildman–Crippen LogP) is 5.64. The Morgan fingerprint density at radius 2 is 1.87 bits per heavy atom. The van der Waals surface area contributed by atoms with Crippen molar-refractivity contribution in [2.24, 2.45) is 0 Å². The van der Waals surface area contributed by atoms with E-state index in [1.807, 2.05) is 64.2 Å². The molecule has 0 aliphatic carbocycles. The second-order valence-corrected chi connectivity index (χ2v) is 9.32. The van der Waals surface area contributed by atoms with Crippen LogP contribution in [0.25, 0.3) is 5.69 Å². The maximum absolute atomic E-state index is 11.2. The Kier molecular flexibility index (Phi) is 7.54. The summed E-state index contributed by atoms with van der Waals surface area (Å²) in [5.41, 5.74) is 3.34. The van der Waals surface area contributed by atoms with Crippen molar-refractivity contribution in [2.45, 2.75) is 12.1 Å². The van der Waals surface area contributed by atoms with Gasteiger partial charge in [-0.2, -0.15) is 0 Å². The fourth-order valence-corrected chi connectivity index (χ4v) is 5.11. The molecule has 1 saturated heterocycles. The average Bonchev–Trinajstić information content (AvgIpc) is 3.54. The van der Waals surface area contributed by atoms with E-state index in [2.05, 4.69) is 10.3 Å². The van der Waals surface area contributed by atoms with Gasteiger partial charge in [0.05, 0.1) is 28.3 Å². The normalized spacial score (nSPS) is 16.9. The number of nitrogens with one attached hydrogen (secondary N) is 1. The zero-order valence-corrected chi connectivity index (χ0v) is 21.9. The molecule has 0 unspecified atom stereocenters. The summed E-state index contributed by atoms with van der Waals surface area (Å²) in [5, 5.41) is 15.6. The zero-order valence-electron chi connectivity index (χ0n) is 20.4. The van der Waals surface area contributed by atoms with Crippen molar-refractivity contribution in [2.75, 3.05) is 25.2 Å². The predicted molar refractivity (Wildman–Crippen MR) is 149 cm³/mol. The molecule has 2 atom stereocenters. The van der Waals surface area contributed by atoms with Crippen LogP contribution in [0.2, 0.25) is 5.02 Å². The summed E-state index contributed by atoms with van der Waals surface area (Å²) in [7, 11) is 1.61. The maximum Gasteiger partial charge on any atom is 0.269 e. The minimum absolute atomic E-state index is 0.0293. The van der Waals surface area contributed by atoms with Crippen LogP contribution in [0.4, 0.5) is 11.4 Å². The van der Waals surface area contributed by atoms with Crippen LogP contribution >= 0.6 is 23.8 Å². The van der Waals surface area contributed by atoms with E-state index in [1.165, 1.54) is 12.1 Å². The molecule has 0 amide bonds. The lowest BCUT2D eigenvalue weighted by molar-refractivity contribution is -0.384. The molecule has 2 aromatic carbocycles. The summed E-state index contributed by atoms with van der Waals surface area (Å²) in [6.07, 6.45) is 3.67. The molecule has 2 aromatic heterocycles. The van der Waals surface area contributed by atoms with Gasteiger partial charge in [-0.15, -0.1) is 0 Å². The van der Waals surface area contributed by atoms with Crippen molar-refractivity contribution < 1.29 is 14.4 Å². The van der Waals surface area contributed by atoms with Crippen molar-refractivity contribution in [1.29, 1.82) is 0 Å². The molecule has 0 bridgehead atoms. The van der Waals surface area contributed by atoms with Crippen LogP contribution in [0.1, 0.15) is 23.5 Å². The lowest BCUT2D eigenvalue weighted by atomic mass is 10.0. The molecular formula is C27H24ClN5O4S. The quantitative estimate of drug-likeness (QED) is 0.124. The number of nitro benzene ring substituents is 1. The van der Waals surface area contributed by atoms with Crippen molar-refractivity contribution in [1.82, 2.24) is 14.9 Å². The lowest BCUT2D eigenvalue weighted by Crippen LogP contribution is -2.30. The number of hydrogen-bond acceptors (Lipinski definition) is 6. The number of benzene rings is 2. The van der Waals surface area contributed by atoms with E-state index >= 15 is 0 Å². The van der Waals surface area contributed by atoms with Crippen LogP contribution in [-0.4, -0.2) is 39.9 Å². The van der Waals surface area contributed by atoms with E-state index in [0.29, 0.717) is 29.1 Å². The molecule has 0 spiro atoms. The molecule has 1 fully saturated rings. The molecule has 9 nitrogen and oxygen atoms in total. The maximum atomic E-state index is 11.2. The SMILES string of the molecule is COCCOc1ccc(N2C(=S)N[C@@H](c3ccccn3)[C@H]2c2cccn2-c2ccc([N+](=O)[O-])cc2)cc1Cl. The standard InChI is InChI=1S/C27H24ClN5O4S/c1-36-15-16-37-24-12-11-20(17-21(24)28)32-26(25(30-27(32)38)22-5-2-3-13-29-22)23-6-4-14-31(23)18-7-9-19(10-8-18)33(34)35/h2-14,17,25-26H,15-16H2,1H3,(H,30,38)/t25-,26+/m0/s1. The average molecular weight is 550 g/mol. The van der Waals surface area contributed by atoms with E-state index in [0.717, 1.165) is 22.8 Å². The van der Waals surface area contributed by atoms with Gasteiger partial charge in [-0.3, -0.25) is 15.1 Å². The van der Waals surface area contributed by atoms with E-state index in [1.54, 1.807) is 25.4 Å². The summed E-state index contributed by atoms with van der Waals surface area (Å²) in [5.74, 6) is 0.553. The van der Waals surface area contributed by atoms with Crippen molar-refractivity contribution in [3.63, 3.8) is 0 Å². The second kappa shape index (κ2) is 11.2. The number of rotatable bonds is 9.